The van der Waals surface area contributed by atoms with Crippen molar-refractivity contribution in [2.45, 2.75) is 24.6 Å². The second-order valence-corrected chi connectivity index (χ2v) is 11.0. The molecule has 0 saturated carbocycles. The van der Waals surface area contributed by atoms with E-state index in [1.807, 2.05) is 47.4 Å². The Morgan fingerprint density at radius 2 is 1.78 bits per heavy atom. The number of nitrogens with two attached hydrogens (primary N) is 1. The fourth-order valence-corrected chi connectivity index (χ4v) is 4.98. The van der Waals surface area contributed by atoms with Crippen LogP contribution in [0.15, 0.2) is 77.0 Å². The summed E-state index contributed by atoms with van der Waals surface area (Å²) < 4.78 is 35.1. The van der Waals surface area contributed by atoms with Crippen LogP contribution in [0.25, 0.3) is 11.1 Å². The number of guanidine groups is 1. The van der Waals surface area contributed by atoms with Crippen molar-refractivity contribution in [2.75, 3.05) is 20.2 Å². The first-order valence-electron chi connectivity index (χ1n) is 11.6. The Morgan fingerprint density at radius 3 is 2.50 bits per heavy atom. The molecule has 0 spiro atoms. The van der Waals surface area contributed by atoms with Crippen molar-refractivity contribution in [1.82, 2.24) is 9.88 Å². The van der Waals surface area contributed by atoms with Crippen LogP contribution in [0.2, 0.25) is 0 Å². The van der Waals surface area contributed by atoms with E-state index in [0.717, 1.165) is 28.1 Å². The van der Waals surface area contributed by atoms with E-state index in [1.165, 1.54) is 0 Å². The molecule has 5 rings (SSSR count). The number of fused-ring (bicyclic) bond motifs is 1. The van der Waals surface area contributed by atoms with Gasteiger partial charge in [0.2, 0.25) is 0 Å². The molecule has 3 aromatic rings. The van der Waals surface area contributed by atoms with Gasteiger partial charge >= 0.3 is 10.1 Å². The van der Waals surface area contributed by atoms with E-state index in [2.05, 4.69) is 4.98 Å². The first kappa shape index (κ1) is 23.8. The zero-order valence-electron chi connectivity index (χ0n) is 20.2. The van der Waals surface area contributed by atoms with Gasteiger partial charge in [-0.05, 0) is 54.8 Å². The Balaban J connectivity index is 1.62. The minimum Gasteiger partial charge on any atom is -0.495 e. The third-order valence-electron chi connectivity index (χ3n) is 6.35. The summed E-state index contributed by atoms with van der Waals surface area (Å²) in [6, 6.07) is 16.8. The highest BCUT2D eigenvalue weighted by atomic mass is 32.2. The fraction of sp³-hybridized carbons (Fsp3) is 0.269. The number of methoxy groups -OCH3 is 1. The summed E-state index contributed by atoms with van der Waals surface area (Å²) >= 11 is 0. The van der Waals surface area contributed by atoms with Crippen LogP contribution in [-0.4, -0.2) is 55.5 Å². The number of amidine groups is 1. The molecule has 0 radical (unpaired) electrons. The van der Waals surface area contributed by atoms with Crippen molar-refractivity contribution in [2.24, 2.45) is 15.7 Å². The summed E-state index contributed by atoms with van der Waals surface area (Å²) in [6.45, 7) is 4.42. The molecule has 2 aliphatic heterocycles. The van der Waals surface area contributed by atoms with Gasteiger partial charge in [-0.15, -0.1) is 0 Å². The Bertz CT molecular complexity index is 1470. The number of aromatic nitrogens is 1. The molecule has 186 valence electrons. The molecule has 0 amide bonds. The molecule has 0 saturated heterocycles. The molecule has 36 heavy (non-hydrogen) atoms. The lowest BCUT2D eigenvalue weighted by Crippen LogP contribution is -2.41. The Kier molecular flexibility index (Phi) is 5.91. The normalized spacial score (nSPS) is 19.2. The third kappa shape index (κ3) is 3.97. The average molecular weight is 506 g/mol. The number of ether oxygens (including phenoxy) is 1. The molecule has 2 aromatic carbocycles. The number of rotatable bonds is 7. The molecule has 0 aliphatic carbocycles. The molecular weight excluding hydrogens is 478 g/mol. The first-order valence-corrected chi connectivity index (χ1v) is 13.0. The van der Waals surface area contributed by atoms with Gasteiger partial charge in [-0.3, -0.25) is 14.9 Å². The van der Waals surface area contributed by atoms with Gasteiger partial charge in [0.25, 0.3) is 0 Å². The van der Waals surface area contributed by atoms with E-state index in [-0.39, 0.29) is 5.75 Å². The predicted octanol–water partition coefficient (Wildman–Crippen LogP) is 3.16. The molecule has 2 N–H and O–H groups in total. The second-order valence-electron chi connectivity index (χ2n) is 8.88. The number of nitrogens with zero attached hydrogens (tertiary/aromatic N) is 4. The van der Waals surface area contributed by atoms with E-state index in [9.17, 15) is 8.42 Å². The number of pyridine rings is 1. The van der Waals surface area contributed by atoms with Crippen molar-refractivity contribution in [3.63, 3.8) is 0 Å². The lowest BCUT2D eigenvalue weighted by molar-refractivity contribution is 0.413. The van der Waals surface area contributed by atoms with E-state index in [0.29, 0.717) is 24.8 Å². The first-order chi connectivity index (χ1) is 17.2. The zero-order chi connectivity index (χ0) is 25.5. The van der Waals surface area contributed by atoms with Gasteiger partial charge in [0.05, 0.1) is 25.1 Å². The molecule has 0 fully saturated rings. The van der Waals surface area contributed by atoms with E-state index >= 15 is 0 Å². The number of hydrogen-bond acceptors (Lipinski definition) is 9. The van der Waals surface area contributed by atoms with Crippen LogP contribution in [0.1, 0.15) is 25.0 Å². The van der Waals surface area contributed by atoms with Gasteiger partial charge < -0.3 is 14.7 Å². The molecule has 0 bridgehead atoms. The van der Waals surface area contributed by atoms with Crippen LogP contribution in [0.3, 0.4) is 0 Å². The van der Waals surface area contributed by atoms with Crippen molar-refractivity contribution in [3.8, 4) is 22.6 Å². The maximum atomic E-state index is 12.2. The summed E-state index contributed by atoms with van der Waals surface area (Å²) in [7, 11) is -2.11. The third-order valence-corrected chi connectivity index (χ3v) is 7.93. The molecular formula is C26H27N5O4S. The van der Waals surface area contributed by atoms with Gasteiger partial charge in [-0.25, -0.2) is 4.99 Å². The van der Waals surface area contributed by atoms with Gasteiger partial charge in [0.15, 0.2) is 11.5 Å². The maximum Gasteiger partial charge on any atom is 0.311 e. The standard InChI is InChI=1S/C26H27N5O4S/c1-17(2)36(32,33)35-22-9-7-20(8-10-22)26(24-29-11-12-31(24)25(27)30-26)21-6-4-5-18(13-21)19-14-23(34-3)16-28-15-19/h4-10,13-17H,11-12H2,1-3H3,(H2,27,30). The molecule has 1 aromatic heterocycles. The Morgan fingerprint density at radius 1 is 1.00 bits per heavy atom. The molecule has 10 heteroatoms. The van der Waals surface area contributed by atoms with Crippen molar-refractivity contribution in [3.05, 3.63) is 78.1 Å². The van der Waals surface area contributed by atoms with Crippen LogP contribution >= 0.6 is 0 Å². The van der Waals surface area contributed by atoms with Crippen LogP contribution in [-0.2, 0) is 15.7 Å². The van der Waals surface area contributed by atoms with Gasteiger partial charge in [-0.2, -0.15) is 8.42 Å². The van der Waals surface area contributed by atoms with Gasteiger partial charge in [0.1, 0.15) is 17.3 Å². The summed E-state index contributed by atoms with van der Waals surface area (Å²) in [5, 5.41) is -0.655. The van der Waals surface area contributed by atoms with E-state index < -0.39 is 20.9 Å². The van der Waals surface area contributed by atoms with Crippen molar-refractivity contribution in [1.29, 1.82) is 0 Å². The maximum absolute atomic E-state index is 12.2. The lowest BCUT2D eigenvalue weighted by Gasteiger charge is -2.29. The molecule has 1 unspecified atom stereocenters. The van der Waals surface area contributed by atoms with Crippen molar-refractivity contribution < 1.29 is 17.3 Å². The second kappa shape index (κ2) is 8.94. The molecule has 3 heterocycles. The highest BCUT2D eigenvalue weighted by Gasteiger charge is 2.50. The highest BCUT2D eigenvalue weighted by molar-refractivity contribution is 7.87. The number of aliphatic imine (C=N–C) groups is 2. The van der Waals surface area contributed by atoms with Crippen LogP contribution in [0, 0.1) is 0 Å². The summed E-state index contributed by atoms with van der Waals surface area (Å²) in [5.41, 5.74) is 8.88. The Hall–Kier alpha value is -3.92. The summed E-state index contributed by atoms with van der Waals surface area (Å²) in [6.07, 6.45) is 3.44. The van der Waals surface area contributed by atoms with E-state index in [1.54, 1.807) is 45.5 Å². The summed E-state index contributed by atoms with van der Waals surface area (Å²) in [5.74, 6) is 2.03. The monoisotopic (exact) mass is 505 g/mol. The van der Waals surface area contributed by atoms with Crippen LogP contribution in [0.4, 0.5) is 0 Å². The Labute approximate surface area is 210 Å². The smallest absolute Gasteiger partial charge is 0.311 e. The fourth-order valence-electron chi connectivity index (χ4n) is 4.41. The molecule has 1 atom stereocenters. The lowest BCUT2D eigenvalue weighted by atomic mass is 9.81. The zero-order valence-corrected chi connectivity index (χ0v) is 21.1. The van der Waals surface area contributed by atoms with Gasteiger partial charge in [-0.1, -0.05) is 30.3 Å². The van der Waals surface area contributed by atoms with E-state index in [4.69, 9.17) is 24.6 Å². The SMILES string of the molecule is COc1cncc(-c2cccc(C3(c4ccc(OS(=O)(=O)C(C)C)cc4)N=C(N)N4CCN=C43)c2)c1. The topological polar surface area (TPSA) is 119 Å². The average Bonchev–Trinajstić information content (AvgIpc) is 3.48. The van der Waals surface area contributed by atoms with Crippen molar-refractivity contribution >= 4 is 21.9 Å². The summed E-state index contributed by atoms with van der Waals surface area (Å²) in [4.78, 5) is 15.9. The predicted molar refractivity (Wildman–Crippen MR) is 139 cm³/mol. The number of hydrogen-bond donors (Lipinski definition) is 1. The van der Waals surface area contributed by atoms with Crippen LogP contribution < -0.4 is 14.7 Å². The van der Waals surface area contributed by atoms with Gasteiger partial charge in [0, 0.05) is 18.3 Å². The quantitative estimate of drug-likeness (QED) is 0.490. The molecule has 2 aliphatic rings. The molecule has 9 nitrogen and oxygen atoms in total. The minimum absolute atomic E-state index is 0.235. The highest BCUT2D eigenvalue weighted by Crippen LogP contribution is 2.43. The minimum atomic E-state index is -3.71. The number of benzene rings is 2. The largest absolute Gasteiger partial charge is 0.495 e. The van der Waals surface area contributed by atoms with Crippen LogP contribution in [0.5, 0.6) is 11.5 Å².